The lowest BCUT2D eigenvalue weighted by molar-refractivity contribution is -0.123. The molecule has 1 saturated carbocycles. The summed E-state index contributed by atoms with van der Waals surface area (Å²) in [5.74, 6) is 0.803. The third kappa shape index (κ3) is 2.07. The van der Waals surface area contributed by atoms with E-state index in [2.05, 4.69) is 17.6 Å². The Labute approximate surface area is 84.4 Å². The maximum absolute atomic E-state index is 11.7. The molecule has 0 bridgehead atoms. The van der Waals surface area contributed by atoms with E-state index in [-0.39, 0.29) is 18.1 Å². The quantitative estimate of drug-likeness (QED) is 0.665. The van der Waals surface area contributed by atoms with E-state index in [1.165, 1.54) is 0 Å². The second-order valence-corrected chi connectivity index (χ2v) is 4.38. The summed E-state index contributed by atoms with van der Waals surface area (Å²) in [6.07, 6.45) is 2.12. The molecule has 14 heavy (non-hydrogen) atoms. The molecule has 0 radical (unpaired) electrons. The van der Waals surface area contributed by atoms with Gasteiger partial charge in [0.15, 0.2) is 0 Å². The second kappa shape index (κ2) is 3.87. The van der Waals surface area contributed by atoms with Crippen molar-refractivity contribution >= 4 is 5.91 Å². The Morgan fingerprint density at radius 3 is 2.71 bits per heavy atom. The molecule has 1 heterocycles. The van der Waals surface area contributed by atoms with Crippen LogP contribution in [0.15, 0.2) is 0 Å². The number of hydrogen-bond donors (Lipinski definition) is 2. The van der Waals surface area contributed by atoms with Crippen LogP contribution in [0.1, 0.15) is 19.8 Å². The standard InChI is InChI=1S/C10H18N2O2/c1-6-3-8(6)12-10(13)9-4-7(14-2)5-11-9/h6-9,11H,3-5H2,1-2H3,(H,12,13). The summed E-state index contributed by atoms with van der Waals surface area (Å²) in [5.41, 5.74) is 0. The highest BCUT2D eigenvalue weighted by Gasteiger charge is 2.37. The van der Waals surface area contributed by atoms with Crippen LogP contribution in [0.5, 0.6) is 0 Å². The molecule has 2 aliphatic rings. The largest absolute Gasteiger partial charge is 0.380 e. The minimum atomic E-state index is -0.0484. The van der Waals surface area contributed by atoms with E-state index in [4.69, 9.17) is 4.74 Å². The topological polar surface area (TPSA) is 50.4 Å². The number of rotatable bonds is 3. The van der Waals surface area contributed by atoms with Gasteiger partial charge in [0.05, 0.1) is 12.1 Å². The smallest absolute Gasteiger partial charge is 0.237 e. The third-order valence-corrected chi connectivity index (χ3v) is 3.18. The highest BCUT2D eigenvalue weighted by molar-refractivity contribution is 5.82. The van der Waals surface area contributed by atoms with E-state index in [0.29, 0.717) is 12.0 Å². The molecular formula is C10H18N2O2. The Bertz CT molecular complexity index is 232. The first-order valence-electron chi connectivity index (χ1n) is 5.27. The second-order valence-electron chi connectivity index (χ2n) is 4.38. The Balaban J connectivity index is 1.75. The van der Waals surface area contributed by atoms with Crippen LogP contribution in [0.3, 0.4) is 0 Å². The van der Waals surface area contributed by atoms with Gasteiger partial charge in [0.2, 0.25) is 5.91 Å². The third-order valence-electron chi connectivity index (χ3n) is 3.18. The van der Waals surface area contributed by atoms with Gasteiger partial charge in [0.25, 0.3) is 0 Å². The van der Waals surface area contributed by atoms with Crippen LogP contribution < -0.4 is 10.6 Å². The van der Waals surface area contributed by atoms with Crippen LogP contribution >= 0.6 is 0 Å². The first kappa shape index (κ1) is 9.93. The highest BCUT2D eigenvalue weighted by Crippen LogP contribution is 2.29. The van der Waals surface area contributed by atoms with Crippen molar-refractivity contribution in [3.63, 3.8) is 0 Å². The summed E-state index contributed by atoms with van der Waals surface area (Å²) in [6, 6.07) is 0.374. The lowest BCUT2D eigenvalue weighted by atomic mass is 10.2. The molecule has 2 fully saturated rings. The first-order valence-corrected chi connectivity index (χ1v) is 5.27. The van der Waals surface area contributed by atoms with Gasteiger partial charge in [-0.15, -0.1) is 0 Å². The molecule has 4 unspecified atom stereocenters. The maximum Gasteiger partial charge on any atom is 0.237 e. The van der Waals surface area contributed by atoms with Crippen molar-refractivity contribution in [1.29, 1.82) is 0 Å². The normalized spacial score (nSPS) is 41.0. The molecule has 80 valence electrons. The molecule has 0 aromatic heterocycles. The zero-order valence-electron chi connectivity index (χ0n) is 8.75. The summed E-state index contributed by atoms with van der Waals surface area (Å²) >= 11 is 0. The van der Waals surface area contributed by atoms with E-state index in [9.17, 15) is 4.79 Å². The summed E-state index contributed by atoms with van der Waals surface area (Å²) in [5, 5.41) is 6.20. The first-order chi connectivity index (χ1) is 6.70. The van der Waals surface area contributed by atoms with Gasteiger partial charge < -0.3 is 15.4 Å². The molecule has 1 aliphatic heterocycles. The van der Waals surface area contributed by atoms with Crippen molar-refractivity contribution in [3.8, 4) is 0 Å². The van der Waals surface area contributed by atoms with E-state index in [1.807, 2.05) is 0 Å². The number of carbonyl (C=O) groups is 1. The Morgan fingerprint density at radius 2 is 2.21 bits per heavy atom. The van der Waals surface area contributed by atoms with Crippen LogP contribution in [-0.4, -0.2) is 37.7 Å². The summed E-state index contributed by atoms with van der Waals surface area (Å²) < 4.78 is 5.19. The number of methoxy groups -OCH3 is 1. The van der Waals surface area contributed by atoms with Gasteiger partial charge in [-0.25, -0.2) is 0 Å². The van der Waals surface area contributed by atoms with Crippen molar-refractivity contribution < 1.29 is 9.53 Å². The SMILES string of the molecule is COC1CNC(C(=O)NC2CC2C)C1. The van der Waals surface area contributed by atoms with Gasteiger partial charge in [0, 0.05) is 19.7 Å². The summed E-state index contributed by atoms with van der Waals surface area (Å²) in [6.45, 7) is 2.94. The van der Waals surface area contributed by atoms with Crippen LogP contribution in [0.2, 0.25) is 0 Å². The molecule has 0 aromatic carbocycles. The van der Waals surface area contributed by atoms with Crippen LogP contribution in [-0.2, 0) is 9.53 Å². The molecule has 4 nitrogen and oxygen atoms in total. The zero-order valence-corrected chi connectivity index (χ0v) is 8.75. The molecule has 2 rings (SSSR count). The summed E-state index contributed by atoms with van der Waals surface area (Å²) in [4.78, 5) is 11.7. The van der Waals surface area contributed by atoms with Gasteiger partial charge in [-0.2, -0.15) is 0 Å². The van der Waals surface area contributed by atoms with E-state index >= 15 is 0 Å². The van der Waals surface area contributed by atoms with Crippen LogP contribution in [0, 0.1) is 5.92 Å². The molecule has 0 aromatic rings. The van der Waals surface area contributed by atoms with Gasteiger partial charge in [-0.05, 0) is 18.8 Å². The highest BCUT2D eigenvalue weighted by atomic mass is 16.5. The molecule has 0 spiro atoms. The fourth-order valence-corrected chi connectivity index (χ4v) is 1.89. The lowest BCUT2D eigenvalue weighted by Crippen LogP contribution is -2.41. The van der Waals surface area contributed by atoms with Crippen molar-refractivity contribution in [2.24, 2.45) is 5.92 Å². The predicted molar refractivity (Wildman–Crippen MR) is 52.9 cm³/mol. The Hall–Kier alpha value is -0.610. The van der Waals surface area contributed by atoms with Crippen molar-refractivity contribution in [2.75, 3.05) is 13.7 Å². The molecule has 4 heteroatoms. The number of amides is 1. The fraction of sp³-hybridized carbons (Fsp3) is 0.900. The molecule has 2 N–H and O–H groups in total. The van der Waals surface area contributed by atoms with Crippen molar-refractivity contribution in [3.05, 3.63) is 0 Å². The lowest BCUT2D eigenvalue weighted by Gasteiger charge is -2.10. The Kier molecular flexibility index (Phi) is 2.74. The minimum Gasteiger partial charge on any atom is -0.380 e. The van der Waals surface area contributed by atoms with Gasteiger partial charge >= 0.3 is 0 Å². The van der Waals surface area contributed by atoms with Gasteiger partial charge in [0.1, 0.15) is 0 Å². The monoisotopic (exact) mass is 198 g/mol. The summed E-state index contributed by atoms with van der Waals surface area (Å²) in [7, 11) is 1.69. The number of carbonyl (C=O) groups excluding carboxylic acids is 1. The maximum atomic E-state index is 11.7. The average Bonchev–Trinajstić information content (AvgIpc) is 2.72. The van der Waals surface area contributed by atoms with Gasteiger partial charge in [-0.3, -0.25) is 4.79 Å². The molecule has 1 saturated heterocycles. The van der Waals surface area contributed by atoms with E-state index in [1.54, 1.807) is 7.11 Å². The number of hydrogen-bond acceptors (Lipinski definition) is 3. The zero-order chi connectivity index (χ0) is 10.1. The number of ether oxygens (including phenoxy) is 1. The number of nitrogens with one attached hydrogen (secondary N) is 2. The average molecular weight is 198 g/mol. The predicted octanol–water partition coefficient (Wildman–Crippen LogP) is -0.112. The molecule has 4 atom stereocenters. The Morgan fingerprint density at radius 1 is 1.50 bits per heavy atom. The van der Waals surface area contributed by atoms with Crippen LogP contribution in [0.25, 0.3) is 0 Å². The fourth-order valence-electron chi connectivity index (χ4n) is 1.89. The van der Waals surface area contributed by atoms with Crippen molar-refractivity contribution in [2.45, 2.75) is 38.0 Å². The molecule has 1 amide bonds. The molecular weight excluding hydrogens is 180 g/mol. The molecule has 1 aliphatic carbocycles. The van der Waals surface area contributed by atoms with Gasteiger partial charge in [-0.1, -0.05) is 6.92 Å². The van der Waals surface area contributed by atoms with E-state index < -0.39 is 0 Å². The van der Waals surface area contributed by atoms with Crippen LogP contribution in [0.4, 0.5) is 0 Å². The minimum absolute atomic E-state index is 0.0484. The van der Waals surface area contributed by atoms with Crippen molar-refractivity contribution in [1.82, 2.24) is 10.6 Å². The van der Waals surface area contributed by atoms with E-state index in [0.717, 1.165) is 19.4 Å².